The topological polar surface area (TPSA) is 35.2 Å². The van der Waals surface area contributed by atoms with Crippen molar-refractivity contribution in [2.24, 2.45) is 5.73 Å². The molecule has 1 rings (SSSR count). The van der Waals surface area contributed by atoms with Gasteiger partial charge >= 0.3 is 0 Å². The summed E-state index contributed by atoms with van der Waals surface area (Å²) in [7, 11) is 0. The number of benzene rings is 1. The molecule has 2 N–H and O–H groups in total. The van der Waals surface area contributed by atoms with E-state index in [0.29, 0.717) is 17.5 Å². The van der Waals surface area contributed by atoms with E-state index in [1.54, 1.807) is 12.1 Å². The minimum atomic E-state index is -0.251. The Morgan fingerprint density at radius 3 is 2.65 bits per heavy atom. The van der Waals surface area contributed by atoms with Crippen LogP contribution in [0.2, 0.25) is 0 Å². The van der Waals surface area contributed by atoms with E-state index in [1.807, 2.05) is 6.92 Å². The summed E-state index contributed by atoms with van der Waals surface area (Å²) in [4.78, 5) is 0. The SMILES string of the molecule is CCOC(CC)C(N)Cc1ccc(F)c(Br)c1. The summed E-state index contributed by atoms with van der Waals surface area (Å²) >= 11 is 3.17. The van der Waals surface area contributed by atoms with Gasteiger partial charge in [0.2, 0.25) is 0 Å². The Balaban J connectivity index is 2.66. The van der Waals surface area contributed by atoms with Crippen LogP contribution in [0.1, 0.15) is 25.8 Å². The van der Waals surface area contributed by atoms with E-state index in [9.17, 15) is 4.39 Å². The molecule has 0 aliphatic carbocycles. The number of rotatable bonds is 6. The van der Waals surface area contributed by atoms with Crippen LogP contribution in [0.25, 0.3) is 0 Å². The lowest BCUT2D eigenvalue weighted by Gasteiger charge is -2.22. The van der Waals surface area contributed by atoms with Crippen molar-refractivity contribution in [1.82, 2.24) is 0 Å². The molecular weight excluding hydrogens is 285 g/mol. The van der Waals surface area contributed by atoms with Gasteiger partial charge < -0.3 is 10.5 Å². The van der Waals surface area contributed by atoms with Crippen molar-refractivity contribution < 1.29 is 9.13 Å². The first kappa shape index (κ1) is 14.6. The van der Waals surface area contributed by atoms with Crippen LogP contribution in [0.3, 0.4) is 0 Å². The zero-order chi connectivity index (χ0) is 12.8. The number of nitrogens with two attached hydrogens (primary N) is 1. The minimum absolute atomic E-state index is 0.0580. The summed E-state index contributed by atoms with van der Waals surface area (Å²) in [5.74, 6) is -0.251. The molecule has 0 heterocycles. The molecule has 0 radical (unpaired) electrons. The molecule has 0 fully saturated rings. The van der Waals surface area contributed by atoms with E-state index >= 15 is 0 Å². The lowest BCUT2D eigenvalue weighted by molar-refractivity contribution is 0.0417. The van der Waals surface area contributed by atoms with Crippen molar-refractivity contribution in [2.45, 2.75) is 38.8 Å². The van der Waals surface area contributed by atoms with Crippen molar-refractivity contribution in [3.63, 3.8) is 0 Å². The maximum Gasteiger partial charge on any atom is 0.137 e. The minimum Gasteiger partial charge on any atom is -0.377 e. The van der Waals surface area contributed by atoms with Crippen molar-refractivity contribution in [1.29, 1.82) is 0 Å². The van der Waals surface area contributed by atoms with Crippen LogP contribution in [-0.2, 0) is 11.2 Å². The standard InChI is InChI=1S/C13H19BrFNO/c1-3-13(17-4-2)12(16)8-9-5-6-11(15)10(14)7-9/h5-7,12-13H,3-4,8,16H2,1-2H3. The first-order valence-electron chi connectivity index (χ1n) is 5.89. The molecule has 2 nitrogen and oxygen atoms in total. The molecule has 0 saturated carbocycles. The van der Waals surface area contributed by atoms with E-state index in [1.165, 1.54) is 6.07 Å². The van der Waals surface area contributed by atoms with Gasteiger partial charge in [-0.3, -0.25) is 0 Å². The second-order valence-electron chi connectivity index (χ2n) is 4.02. The van der Waals surface area contributed by atoms with Gasteiger partial charge in [-0.2, -0.15) is 0 Å². The van der Waals surface area contributed by atoms with Crippen LogP contribution in [0.15, 0.2) is 22.7 Å². The van der Waals surface area contributed by atoms with Crippen molar-refractivity contribution in [3.05, 3.63) is 34.1 Å². The smallest absolute Gasteiger partial charge is 0.137 e. The van der Waals surface area contributed by atoms with Gasteiger partial charge in [-0.05, 0) is 53.4 Å². The predicted octanol–water partition coefficient (Wildman–Crippen LogP) is 3.27. The number of halogens is 2. The van der Waals surface area contributed by atoms with Crippen LogP contribution in [0.5, 0.6) is 0 Å². The highest BCUT2D eigenvalue weighted by atomic mass is 79.9. The second kappa shape index (κ2) is 7.09. The Labute approximate surface area is 110 Å². The first-order valence-corrected chi connectivity index (χ1v) is 6.68. The lowest BCUT2D eigenvalue weighted by atomic mass is 10.0. The largest absolute Gasteiger partial charge is 0.377 e. The van der Waals surface area contributed by atoms with E-state index in [4.69, 9.17) is 10.5 Å². The molecular formula is C13H19BrFNO. The van der Waals surface area contributed by atoms with Crippen LogP contribution < -0.4 is 5.73 Å². The zero-order valence-corrected chi connectivity index (χ0v) is 11.8. The molecule has 0 aliphatic heterocycles. The normalized spacial score (nSPS) is 14.6. The third kappa shape index (κ3) is 4.37. The van der Waals surface area contributed by atoms with Crippen molar-refractivity contribution in [3.8, 4) is 0 Å². The van der Waals surface area contributed by atoms with Crippen LogP contribution in [0, 0.1) is 5.82 Å². The summed E-state index contributed by atoms with van der Waals surface area (Å²) in [5, 5.41) is 0. The summed E-state index contributed by atoms with van der Waals surface area (Å²) < 4.78 is 19.1. The molecule has 0 spiro atoms. The molecule has 0 aromatic heterocycles. The maximum atomic E-state index is 13.1. The lowest BCUT2D eigenvalue weighted by Crippen LogP contribution is -2.38. The average Bonchev–Trinajstić information content (AvgIpc) is 2.30. The highest BCUT2D eigenvalue weighted by molar-refractivity contribution is 9.10. The zero-order valence-electron chi connectivity index (χ0n) is 10.2. The number of ether oxygens (including phenoxy) is 1. The van der Waals surface area contributed by atoms with Gasteiger partial charge in [-0.15, -0.1) is 0 Å². The molecule has 96 valence electrons. The quantitative estimate of drug-likeness (QED) is 0.875. The summed E-state index contributed by atoms with van der Waals surface area (Å²) in [6.07, 6.45) is 1.64. The molecule has 0 bridgehead atoms. The third-order valence-electron chi connectivity index (χ3n) is 2.72. The van der Waals surface area contributed by atoms with Crippen LogP contribution in [0.4, 0.5) is 4.39 Å². The Kier molecular flexibility index (Phi) is 6.09. The molecule has 17 heavy (non-hydrogen) atoms. The highest BCUT2D eigenvalue weighted by Crippen LogP contribution is 2.18. The van der Waals surface area contributed by atoms with Crippen molar-refractivity contribution in [2.75, 3.05) is 6.61 Å². The maximum absolute atomic E-state index is 13.1. The fourth-order valence-corrected chi connectivity index (χ4v) is 2.25. The molecule has 0 aliphatic rings. The monoisotopic (exact) mass is 303 g/mol. The molecule has 1 aromatic rings. The summed E-state index contributed by atoms with van der Waals surface area (Å²) in [5.41, 5.74) is 7.12. The molecule has 4 heteroatoms. The molecule has 0 saturated heterocycles. The van der Waals surface area contributed by atoms with Crippen molar-refractivity contribution >= 4 is 15.9 Å². The van der Waals surface area contributed by atoms with Gasteiger partial charge in [-0.1, -0.05) is 13.0 Å². The molecule has 2 atom stereocenters. The average molecular weight is 304 g/mol. The third-order valence-corrected chi connectivity index (χ3v) is 3.32. The van der Waals surface area contributed by atoms with E-state index < -0.39 is 0 Å². The van der Waals surface area contributed by atoms with Gasteiger partial charge in [-0.25, -0.2) is 4.39 Å². The van der Waals surface area contributed by atoms with Crippen LogP contribution >= 0.6 is 15.9 Å². The van der Waals surface area contributed by atoms with Gasteiger partial charge in [0.1, 0.15) is 5.82 Å². The Hall–Kier alpha value is -0.450. The van der Waals surface area contributed by atoms with E-state index in [2.05, 4.69) is 22.9 Å². The fraction of sp³-hybridized carbons (Fsp3) is 0.538. The Bertz CT molecular complexity index is 359. The highest BCUT2D eigenvalue weighted by Gasteiger charge is 2.16. The molecule has 2 unspecified atom stereocenters. The Morgan fingerprint density at radius 1 is 1.41 bits per heavy atom. The van der Waals surface area contributed by atoms with Crippen LogP contribution in [-0.4, -0.2) is 18.8 Å². The predicted molar refractivity (Wildman–Crippen MR) is 71.5 cm³/mol. The molecule has 1 aromatic carbocycles. The Morgan fingerprint density at radius 2 is 2.12 bits per heavy atom. The fourth-order valence-electron chi connectivity index (χ4n) is 1.83. The summed E-state index contributed by atoms with van der Waals surface area (Å²) in [6, 6.07) is 4.93. The number of hydrogen-bond acceptors (Lipinski definition) is 2. The van der Waals surface area contributed by atoms with Gasteiger partial charge in [0.25, 0.3) is 0 Å². The summed E-state index contributed by atoms with van der Waals surface area (Å²) in [6.45, 7) is 4.68. The van der Waals surface area contributed by atoms with E-state index in [0.717, 1.165) is 12.0 Å². The number of hydrogen-bond donors (Lipinski definition) is 1. The van der Waals surface area contributed by atoms with E-state index in [-0.39, 0.29) is 18.0 Å². The van der Waals surface area contributed by atoms with Gasteiger partial charge in [0.15, 0.2) is 0 Å². The first-order chi connectivity index (χ1) is 8.08. The molecule has 0 amide bonds. The van der Waals surface area contributed by atoms with Gasteiger partial charge in [0, 0.05) is 12.6 Å². The second-order valence-corrected chi connectivity index (χ2v) is 4.87. The van der Waals surface area contributed by atoms with Gasteiger partial charge in [0.05, 0.1) is 10.6 Å².